The maximum atomic E-state index is 10.2. The third kappa shape index (κ3) is 20.5. The molecule has 1 atom stereocenters. The van der Waals surface area contributed by atoms with Gasteiger partial charge in [0.15, 0.2) is 5.25 Å². The summed E-state index contributed by atoms with van der Waals surface area (Å²) < 4.78 is 33.8. The molecule has 0 rings (SSSR count). The fourth-order valence-electron chi connectivity index (χ4n) is 1.57. The van der Waals surface area contributed by atoms with Crippen LogP contribution in [0.5, 0.6) is 0 Å². The molecular formula is C14H27KO8S. The van der Waals surface area contributed by atoms with Gasteiger partial charge in [-0.25, -0.2) is 0 Å². The number of hydrogen-bond acceptors (Lipinski definition) is 5. The Kier molecular flexibility index (Phi) is 22.2. The van der Waals surface area contributed by atoms with Gasteiger partial charge in [-0.3, -0.25) is 14.1 Å². The molecule has 0 amide bonds. The van der Waals surface area contributed by atoms with Crippen LogP contribution in [-0.2, 0) is 24.4 Å². The Bertz CT molecular complexity index is 416. The van der Waals surface area contributed by atoms with Crippen LogP contribution in [0.4, 0.5) is 0 Å². The van der Waals surface area contributed by atoms with E-state index >= 15 is 0 Å². The molecule has 0 spiro atoms. The van der Waals surface area contributed by atoms with E-state index in [9.17, 15) is 18.0 Å². The molecule has 1 unspecified atom stereocenters. The fourth-order valence-corrected chi connectivity index (χ4v) is 2.17. The predicted molar refractivity (Wildman–Crippen MR) is 84.8 cm³/mol. The molecule has 138 valence electrons. The van der Waals surface area contributed by atoms with Gasteiger partial charge in [0.05, 0.1) is 6.42 Å². The zero-order valence-electron chi connectivity index (χ0n) is 14.4. The first-order valence-electron chi connectivity index (χ1n) is 7.44. The molecule has 0 saturated carbocycles. The Morgan fingerprint density at radius 2 is 1.58 bits per heavy atom. The second-order valence-electron chi connectivity index (χ2n) is 4.82. The van der Waals surface area contributed by atoms with Crippen molar-refractivity contribution in [1.29, 1.82) is 0 Å². The van der Waals surface area contributed by atoms with Crippen LogP contribution < -0.4 is 51.4 Å². The molecule has 3 N–H and O–H groups in total. The van der Waals surface area contributed by atoms with Gasteiger partial charge in [-0.15, -0.1) is 0 Å². The number of carbonyl (C=O) groups is 2. The van der Waals surface area contributed by atoms with Crippen LogP contribution in [0.25, 0.3) is 0 Å². The second kappa shape index (κ2) is 18.2. The van der Waals surface area contributed by atoms with E-state index < -0.39 is 33.7 Å². The molecule has 0 bridgehead atoms. The molecule has 0 aliphatic heterocycles. The summed E-state index contributed by atoms with van der Waals surface area (Å²) in [6.07, 6.45) is 6.84. The quantitative estimate of drug-likeness (QED) is 0.166. The molecule has 8 nitrogen and oxygen atoms in total. The average molecular weight is 395 g/mol. The van der Waals surface area contributed by atoms with Crippen LogP contribution >= 0.6 is 0 Å². The van der Waals surface area contributed by atoms with Crippen molar-refractivity contribution in [3.63, 3.8) is 0 Å². The maximum absolute atomic E-state index is 10.2. The van der Waals surface area contributed by atoms with Crippen molar-refractivity contribution in [2.75, 3.05) is 13.2 Å². The smallest absolute Gasteiger partial charge is 0.481 e. The van der Waals surface area contributed by atoms with E-state index in [1.165, 1.54) is 38.5 Å². The van der Waals surface area contributed by atoms with Crippen LogP contribution in [0.2, 0.25) is 0 Å². The molecule has 0 radical (unpaired) electrons. The Morgan fingerprint density at radius 1 is 1.08 bits per heavy atom. The molecule has 24 heavy (non-hydrogen) atoms. The van der Waals surface area contributed by atoms with E-state index in [2.05, 4.69) is 13.8 Å². The Morgan fingerprint density at radius 3 is 1.92 bits per heavy atom. The summed E-state index contributed by atoms with van der Waals surface area (Å²) in [5, 5.41) is 13.9. The SMILES string of the molecule is O=C(O)CC(C(=O)O)S(=O)(=O)O.[CH2-]COCCCCCCCC.[K+]. The molecule has 0 aromatic heterocycles. The van der Waals surface area contributed by atoms with Crippen molar-refractivity contribution in [3.8, 4) is 0 Å². The average Bonchev–Trinajstić information content (AvgIpc) is 2.43. The van der Waals surface area contributed by atoms with Gasteiger partial charge in [-0.05, 0) is 6.42 Å². The first-order valence-corrected chi connectivity index (χ1v) is 8.95. The van der Waals surface area contributed by atoms with Crippen molar-refractivity contribution in [1.82, 2.24) is 0 Å². The number of carboxylic acid groups (broad SMARTS) is 2. The molecule has 0 fully saturated rings. The Balaban J connectivity index is -0.000000354. The fraction of sp³-hybridized carbons (Fsp3) is 0.786. The van der Waals surface area contributed by atoms with Gasteiger partial charge < -0.3 is 21.9 Å². The summed E-state index contributed by atoms with van der Waals surface area (Å²) in [7, 11) is -4.84. The first-order chi connectivity index (χ1) is 10.7. The molecule has 0 heterocycles. The zero-order valence-corrected chi connectivity index (χ0v) is 18.4. The van der Waals surface area contributed by atoms with E-state index in [-0.39, 0.29) is 51.4 Å². The van der Waals surface area contributed by atoms with Crippen LogP contribution in [0, 0.1) is 6.92 Å². The van der Waals surface area contributed by atoms with Crippen molar-refractivity contribution in [3.05, 3.63) is 6.92 Å². The standard InChI is InChI=1S/C10H21O.C4H6O7S.K/c1-3-5-6-7-8-9-10-11-4-2;5-3(6)1-2(4(7)8)12(9,10)11;/h2-10H2,1H3;2H,1H2,(H,5,6)(H,7,8)(H,9,10,11);/q-1;;+1. The molecule has 0 aromatic carbocycles. The van der Waals surface area contributed by atoms with Crippen LogP contribution in [-0.4, -0.2) is 53.6 Å². The minimum Gasteiger partial charge on any atom is -0.481 e. The van der Waals surface area contributed by atoms with Gasteiger partial charge in [-0.1, -0.05) is 45.6 Å². The minimum absolute atomic E-state index is 0. The van der Waals surface area contributed by atoms with Gasteiger partial charge in [0, 0.05) is 6.61 Å². The monoisotopic (exact) mass is 394 g/mol. The number of unbranched alkanes of at least 4 members (excludes halogenated alkanes) is 5. The van der Waals surface area contributed by atoms with Gasteiger partial charge in [0.1, 0.15) is 0 Å². The third-order valence-corrected chi connectivity index (χ3v) is 3.87. The number of carboxylic acids is 2. The molecule has 0 aromatic rings. The molecule has 0 saturated heterocycles. The second-order valence-corrected chi connectivity index (χ2v) is 6.42. The Labute approximate surface area is 186 Å². The molecule has 0 aliphatic carbocycles. The topological polar surface area (TPSA) is 138 Å². The van der Waals surface area contributed by atoms with E-state index in [0.29, 0.717) is 6.61 Å². The zero-order chi connectivity index (χ0) is 18.3. The number of aliphatic carboxylic acids is 2. The van der Waals surface area contributed by atoms with Crippen molar-refractivity contribution in [2.24, 2.45) is 0 Å². The van der Waals surface area contributed by atoms with Gasteiger partial charge >= 0.3 is 63.3 Å². The first kappa shape index (κ1) is 29.2. The Hall–Kier alpha value is 0.446. The van der Waals surface area contributed by atoms with E-state index in [0.717, 1.165) is 6.61 Å². The summed E-state index contributed by atoms with van der Waals surface area (Å²) in [4.78, 5) is 20.0. The van der Waals surface area contributed by atoms with Gasteiger partial charge in [-0.2, -0.15) is 8.42 Å². The summed E-state index contributed by atoms with van der Waals surface area (Å²) >= 11 is 0. The molecular weight excluding hydrogens is 367 g/mol. The third-order valence-electron chi connectivity index (χ3n) is 2.78. The number of rotatable bonds is 12. The van der Waals surface area contributed by atoms with Crippen LogP contribution in [0.3, 0.4) is 0 Å². The number of hydrogen-bond donors (Lipinski definition) is 3. The molecule has 0 aliphatic rings. The van der Waals surface area contributed by atoms with E-state index in [4.69, 9.17) is 19.5 Å². The normalized spacial score (nSPS) is 11.6. The van der Waals surface area contributed by atoms with Gasteiger partial charge in [0.2, 0.25) is 0 Å². The van der Waals surface area contributed by atoms with E-state index in [1.54, 1.807) is 0 Å². The summed E-state index contributed by atoms with van der Waals surface area (Å²) in [6, 6.07) is 0. The van der Waals surface area contributed by atoms with Crippen LogP contribution in [0.1, 0.15) is 51.9 Å². The maximum Gasteiger partial charge on any atom is 1.00 e. The number of ether oxygens (including phenoxy) is 1. The van der Waals surface area contributed by atoms with Crippen molar-refractivity contribution in [2.45, 2.75) is 57.1 Å². The predicted octanol–water partition coefficient (Wildman–Crippen LogP) is -0.996. The summed E-state index contributed by atoms with van der Waals surface area (Å²) in [5.41, 5.74) is 0. The molecule has 10 heteroatoms. The van der Waals surface area contributed by atoms with Crippen LogP contribution in [0.15, 0.2) is 0 Å². The largest absolute Gasteiger partial charge is 1.00 e. The minimum atomic E-state index is -4.84. The summed E-state index contributed by atoms with van der Waals surface area (Å²) in [6.45, 7) is 7.37. The van der Waals surface area contributed by atoms with Crippen molar-refractivity contribution < 1.29 is 88.9 Å². The summed E-state index contributed by atoms with van der Waals surface area (Å²) in [5.74, 6) is -3.50. The van der Waals surface area contributed by atoms with E-state index in [1.807, 2.05) is 0 Å². The van der Waals surface area contributed by atoms with Gasteiger partial charge in [0.25, 0.3) is 10.1 Å². The van der Waals surface area contributed by atoms with Crippen molar-refractivity contribution >= 4 is 22.1 Å².